The molecule has 6 heterocycles. The fourth-order valence-corrected chi connectivity index (χ4v) is 4.45. The molecule has 12 heteroatoms. The molecule has 0 spiro atoms. The van der Waals surface area contributed by atoms with Gasteiger partial charge in [0.25, 0.3) is 0 Å². The molecule has 0 amide bonds. The molecular weight excluding hydrogens is 1040 g/mol. The molecule has 0 atom stereocenters. The third-order valence-electron chi connectivity index (χ3n) is 6.78. The topological polar surface area (TPSA) is 106 Å². The van der Waals surface area contributed by atoms with Gasteiger partial charge in [-0.05, 0) is 36.4 Å². The predicted molar refractivity (Wildman–Crippen MR) is 192 cm³/mol. The number of ether oxygens (including phenoxy) is 2. The quantitative estimate of drug-likeness (QED) is 0.119. The molecule has 0 bridgehead atoms. The van der Waals surface area contributed by atoms with Gasteiger partial charge in [-0.2, -0.15) is 12.1 Å². The monoisotopic (exact) mass is 1060 g/mol. The van der Waals surface area contributed by atoms with E-state index in [4.69, 9.17) is 22.3 Å². The molecule has 0 aliphatic carbocycles. The van der Waals surface area contributed by atoms with Crippen LogP contribution in [0.5, 0.6) is 23.3 Å². The Hall–Kier alpha value is -6.44. The second-order valence-corrected chi connectivity index (χ2v) is 10.2. The number of hydrogen-bond acceptors (Lipinski definition) is 8. The van der Waals surface area contributed by atoms with Gasteiger partial charge in [0, 0.05) is 127 Å². The maximum Gasteiger partial charge on any atom is 0.215 e. The van der Waals surface area contributed by atoms with Crippen LogP contribution < -0.4 is 9.47 Å². The van der Waals surface area contributed by atoms with Gasteiger partial charge in [-0.1, -0.05) is 23.6 Å². The van der Waals surface area contributed by atoms with Crippen LogP contribution in [0.25, 0.3) is 33.9 Å². The van der Waals surface area contributed by atoms with Crippen LogP contribution in [0.3, 0.4) is 0 Å². The SMILES string of the molecule is [C-]#Cn1ccnc1-c1ccncc1.[C-]#Cn1ccnc1-c1ccncc1.[Pt].[Pt].[c-]1ccc(Oc2ccccn2)[c-]c1-c1[c-]ccc(Oc2ccccn2)[c-]1. The van der Waals surface area contributed by atoms with Crippen molar-refractivity contribution in [1.82, 2.24) is 39.0 Å². The molecule has 6 aromatic heterocycles. The zero-order valence-corrected chi connectivity index (χ0v) is 32.4. The Morgan fingerprint density at radius 3 is 1.30 bits per heavy atom. The molecule has 0 N–H and O–H groups in total. The number of imidazole rings is 2. The van der Waals surface area contributed by atoms with E-state index in [-0.39, 0.29) is 42.1 Å². The van der Waals surface area contributed by atoms with Crippen molar-refractivity contribution in [3.63, 3.8) is 0 Å². The summed E-state index contributed by atoms with van der Waals surface area (Å²) in [5, 5.41) is 0. The van der Waals surface area contributed by atoms with E-state index in [9.17, 15) is 0 Å². The van der Waals surface area contributed by atoms with Crippen LogP contribution in [0.2, 0.25) is 0 Å². The van der Waals surface area contributed by atoms with Gasteiger partial charge in [-0.3, -0.25) is 31.2 Å². The first-order chi connectivity index (χ1) is 25.7. The van der Waals surface area contributed by atoms with E-state index >= 15 is 0 Å². The molecule has 8 rings (SSSR count). The van der Waals surface area contributed by atoms with Crippen molar-refractivity contribution in [2.24, 2.45) is 0 Å². The summed E-state index contributed by atoms with van der Waals surface area (Å²) in [4.78, 5) is 24.3. The molecule has 0 saturated heterocycles. The molecule has 0 fully saturated rings. The van der Waals surface area contributed by atoms with Crippen molar-refractivity contribution < 1.29 is 51.6 Å². The molecule has 0 unspecified atom stereocenters. The maximum atomic E-state index is 7.01. The number of pyridine rings is 4. The van der Waals surface area contributed by atoms with Crippen molar-refractivity contribution >= 4 is 0 Å². The minimum atomic E-state index is 0. The van der Waals surface area contributed by atoms with Crippen LogP contribution in [0.15, 0.2) is 147 Å². The van der Waals surface area contributed by atoms with E-state index in [0.29, 0.717) is 46.0 Å². The van der Waals surface area contributed by atoms with Crippen LogP contribution in [0.4, 0.5) is 0 Å². The second-order valence-electron chi connectivity index (χ2n) is 10.2. The Morgan fingerprint density at radius 2 is 0.926 bits per heavy atom. The third-order valence-corrected chi connectivity index (χ3v) is 6.78. The predicted octanol–water partition coefficient (Wildman–Crippen LogP) is 7.60. The van der Waals surface area contributed by atoms with Crippen LogP contribution in [-0.2, 0) is 42.1 Å². The average Bonchev–Trinajstić information content (AvgIpc) is 3.91. The summed E-state index contributed by atoms with van der Waals surface area (Å²) < 4.78 is 14.5. The molecule has 0 radical (unpaired) electrons. The number of nitrogens with zero attached hydrogens (tertiary/aromatic N) is 8. The Labute approximate surface area is 341 Å². The summed E-state index contributed by atoms with van der Waals surface area (Å²) in [6, 6.07) is 42.4. The fraction of sp³-hybridized carbons (Fsp3) is 0. The minimum Gasteiger partial charge on any atom is -0.669 e. The van der Waals surface area contributed by atoms with E-state index in [2.05, 4.69) is 66.3 Å². The Bertz CT molecular complexity index is 2220. The normalized spacial score (nSPS) is 9.52. The number of hydrogen-bond donors (Lipinski definition) is 0. The zero-order valence-electron chi connectivity index (χ0n) is 27.9. The maximum absolute atomic E-state index is 7.01. The van der Waals surface area contributed by atoms with Gasteiger partial charge in [0.2, 0.25) is 11.8 Å². The van der Waals surface area contributed by atoms with Crippen LogP contribution in [0, 0.1) is 49.2 Å². The van der Waals surface area contributed by atoms with Gasteiger partial charge in [0.1, 0.15) is 11.6 Å². The van der Waals surface area contributed by atoms with Crippen molar-refractivity contribution in [2.45, 2.75) is 0 Å². The summed E-state index contributed by atoms with van der Waals surface area (Å²) in [6.07, 6.45) is 30.8. The fourth-order valence-electron chi connectivity index (χ4n) is 4.45. The van der Waals surface area contributed by atoms with E-state index in [0.717, 1.165) is 11.1 Å². The standard InChI is InChI=1S/C22H12N2O2.2C10H6N3.2Pt/c1-3-13-23-21(11-1)25-19-9-5-7-17(15-19)18-8-6-10-20(16-18)26-22-12-2-4-14-24-22;2*1-2-13-8-7-12-10(13)9-3-5-11-6-4-9;;/h1-6,9-14H;2*3-8H;;/q-4;2*-1;;. The van der Waals surface area contributed by atoms with Crippen LogP contribution in [-0.4, -0.2) is 39.0 Å². The molecule has 54 heavy (non-hydrogen) atoms. The molecule has 8 aromatic rings. The van der Waals surface area contributed by atoms with Crippen LogP contribution >= 0.6 is 0 Å². The smallest absolute Gasteiger partial charge is 0.215 e. The summed E-state index contributed by atoms with van der Waals surface area (Å²) in [7, 11) is 0. The Balaban J connectivity index is 0.000000196. The summed E-state index contributed by atoms with van der Waals surface area (Å²) in [5.41, 5.74) is 3.20. The first-order valence-corrected chi connectivity index (χ1v) is 15.5. The summed E-state index contributed by atoms with van der Waals surface area (Å²) >= 11 is 0. The molecule has 0 aliphatic heterocycles. The van der Waals surface area contributed by atoms with E-state index in [1.165, 1.54) is 9.13 Å². The Kier molecular flexibility index (Phi) is 15.8. The van der Waals surface area contributed by atoms with Crippen molar-refractivity contribution in [1.29, 1.82) is 0 Å². The number of benzene rings is 2. The largest absolute Gasteiger partial charge is 0.669 e. The van der Waals surface area contributed by atoms with E-state index in [1.54, 1.807) is 98.4 Å². The third kappa shape index (κ3) is 11.3. The number of aromatic nitrogens is 8. The van der Waals surface area contributed by atoms with Gasteiger partial charge in [0.05, 0.1) is 0 Å². The van der Waals surface area contributed by atoms with Crippen molar-refractivity contribution in [3.05, 3.63) is 184 Å². The first kappa shape index (κ1) is 40.3. The first-order valence-electron chi connectivity index (χ1n) is 15.5. The zero-order chi connectivity index (χ0) is 35.8. The number of rotatable bonds is 7. The van der Waals surface area contributed by atoms with Gasteiger partial charge in [-0.25, -0.2) is 32.0 Å². The average molecular weight is 1060 g/mol. The van der Waals surface area contributed by atoms with Gasteiger partial charge in [0.15, 0.2) is 0 Å². The molecular formula is C42H24N8O2Pt2-6. The van der Waals surface area contributed by atoms with Gasteiger partial charge >= 0.3 is 0 Å². The van der Waals surface area contributed by atoms with E-state index in [1.807, 2.05) is 48.5 Å². The van der Waals surface area contributed by atoms with Gasteiger partial charge in [-0.15, -0.1) is 0 Å². The second kappa shape index (κ2) is 21.2. The molecule has 10 nitrogen and oxygen atoms in total. The summed E-state index contributed by atoms with van der Waals surface area (Å²) in [5.74, 6) is 3.49. The van der Waals surface area contributed by atoms with Crippen LogP contribution in [0.1, 0.15) is 0 Å². The minimum absolute atomic E-state index is 0. The van der Waals surface area contributed by atoms with Gasteiger partial charge < -0.3 is 57.7 Å². The van der Waals surface area contributed by atoms with Crippen molar-refractivity contribution in [3.8, 4) is 69.3 Å². The Morgan fingerprint density at radius 1 is 0.500 bits per heavy atom. The van der Waals surface area contributed by atoms with E-state index < -0.39 is 0 Å². The molecule has 270 valence electrons. The molecule has 0 aliphatic rings. The molecule has 2 aromatic carbocycles. The summed E-state index contributed by atoms with van der Waals surface area (Å²) in [6.45, 7) is 0. The van der Waals surface area contributed by atoms with Crippen molar-refractivity contribution in [2.75, 3.05) is 0 Å². The molecule has 0 saturated carbocycles.